The van der Waals surface area contributed by atoms with E-state index in [1.54, 1.807) is 11.9 Å². The van der Waals surface area contributed by atoms with E-state index in [1.165, 1.54) is 36.1 Å². The minimum absolute atomic E-state index is 0.0933. The van der Waals surface area contributed by atoms with Crippen LogP contribution in [0, 0.1) is 21.4 Å². The molecule has 1 heterocycles. The molecular weight excluding hydrogens is 506 g/mol. The van der Waals surface area contributed by atoms with E-state index in [0.717, 1.165) is 38.5 Å². The van der Waals surface area contributed by atoms with Gasteiger partial charge in [-0.3, -0.25) is 19.7 Å². The van der Waals surface area contributed by atoms with Crippen LogP contribution in [0.4, 0.5) is 10.5 Å². The number of ether oxygens (including phenoxy) is 2. The third kappa shape index (κ3) is 7.54. The van der Waals surface area contributed by atoms with Crippen LogP contribution in [0.15, 0.2) is 24.3 Å². The number of ketones is 1. The number of esters is 2. The summed E-state index contributed by atoms with van der Waals surface area (Å²) in [6.45, 7) is 6.26. The smallest absolute Gasteiger partial charge is 0.338 e. The second-order valence-electron chi connectivity index (χ2n) is 10.8. The molecule has 11 nitrogen and oxygen atoms in total. The quantitative estimate of drug-likeness (QED) is 0.154. The number of amides is 2. The van der Waals surface area contributed by atoms with Crippen LogP contribution in [0.2, 0.25) is 0 Å². The molecule has 1 aliphatic heterocycles. The van der Waals surface area contributed by atoms with Gasteiger partial charge in [0, 0.05) is 32.1 Å². The fourth-order valence-electron chi connectivity index (χ4n) is 5.25. The molecule has 3 rings (SSSR count). The molecule has 4 atom stereocenters. The van der Waals surface area contributed by atoms with Crippen molar-refractivity contribution in [2.75, 3.05) is 26.7 Å². The van der Waals surface area contributed by atoms with Gasteiger partial charge in [-0.1, -0.05) is 19.3 Å². The second-order valence-corrected chi connectivity index (χ2v) is 10.8. The molecule has 1 aliphatic carbocycles. The lowest BCUT2D eigenvalue weighted by atomic mass is 10.0. The van der Waals surface area contributed by atoms with Gasteiger partial charge in [-0.15, -0.1) is 0 Å². The highest BCUT2D eigenvalue weighted by atomic mass is 16.6. The summed E-state index contributed by atoms with van der Waals surface area (Å²) < 4.78 is 10.7. The lowest BCUT2D eigenvalue weighted by Gasteiger charge is -2.28. The normalized spacial score (nSPS) is 23.7. The summed E-state index contributed by atoms with van der Waals surface area (Å²) >= 11 is 0. The lowest BCUT2D eigenvalue weighted by molar-refractivity contribution is -0.384. The van der Waals surface area contributed by atoms with Crippen molar-refractivity contribution in [1.29, 1.82) is 0 Å². The van der Waals surface area contributed by atoms with Crippen LogP contribution < -0.4 is 0 Å². The third-order valence-corrected chi connectivity index (χ3v) is 7.84. The fraction of sp³-hybridized carbons (Fsp3) is 0.643. The average Bonchev–Trinajstić information content (AvgIpc) is 3.38. The predicted octanol–water partition coefficient (Wildman–Crippen LogP) is 4.38. The molecule has 1 aromatic carbocycles. The molecule has 0 spiro atoms. The van der Waals surface area contributed by atoms with Gasteiger partial charge in [-0.25, -0.2) is 9.59 Å². The Morgan fingerprint density at radius 1 is 1.13 bits per heavy atom. The van der Waals surface area contributed by atoms with Gasteiger partial charge in [0.25, 0.3) is 5.69 Å². The minimum Gasteiger partial charge on any atom is -0.466 e. The summed E-state index contributed by atoms with van der Waals surface area (Å²) in [4.78, 5) is 63.2. The molecular formula is C28H39N3O8. The standard InChI is InChI=1S/C28H39N3O8/c1-5-38-26(34)28(3)17-21(28)10-8-6-7-9-15-29(4)27(35)30-18-23(16-24(30)19(2)32)39-25(33)20-11-13-22(14-12-20)31(36)37/h11-14,21,23-24H,5-10,15-18H2,1-4H3/t21-,23+,24+,28+/m1/s1. The van der Waals surface area contributed by atoms with Crippen LogP contribution in [0.1, 0.15) is 76.1 Å². The molecule has 2 aliphatic rings. The van der Waals surface area contributed by atoms with Gasteiger partial charge in [0.2, 0.25) is 0 Å². The van der Waals surface area contributed by atoms with E-state index in [2.05, 4.69) is 0 Å². The Bertz CT molecular complexity index is 1080. The highest BCUT2D eigenvalue weighted by Gasteiger charge is 2.56. The molecule has 0 N–H and O–H groups in total. The highest BCUT2D eigenvalue weighted by molar-refractivity contribution is 5.90. The number of hydrogen-bond donors (Lipinski definition) is 0. The monoisotopic (exact) mass is 545 g/mol. The van der Waals surface area contributed by atoms with Crippen molar-refractivity contribution < 1.29 is 33.6 Å². The van der Waals surface area contributed by atoms with Crippen molar-refractivity contribution in [3.8, 4) is 0 Å². The summed E-state index contributed by atoms with van der Waals surface area (Å²) in [5.74, 6) is -0.541. The Labute approximate surface area is 228 Å². The number of non-ortho nitro benzene ring substituents is 1. The molecule has 11 heteroatoms. The second kappa shape index (κ2) is 13.0. The van der Waals surface area contributed by atoms with Gasteiger partial charge in [-0.05, 0) is 58.1 Å². The van der Waals surface area contributed by atoms with Gasteiger partial charge < -0.3 is 19.3 Å². The summed E-state index contributed by atoms with van der Waals surface area (Å²) in [5.41, 5.74) is -0.294. The number of nitro groups is 1. The fourth-order valence-corrected chi connectivity index (χ4v) is 5.25. The van der Waals surface area contributed by atoms with Crippen molar-refractivity contribution in [3.05, 3.63) is 39.9 Å². The Balaban J connectivity index is 1.41. The first-order chi connectivity index (χ1) is 18.5. The van der Waals surface area contributed by atoms with Crippen molar-refractivity contribution >= 4 is 29.4 Å². The van der Waals surface area contributed by atoms with Crippen molar-refractivity contribution in [1.82, 2.24) is 9.80 Å². The minimum atomic E-state index is -0.679. The number of unbranched alkanes of at least 4 members (excludes halogenated alkanes) is 3. The molecule has 1 saturated heterocycles. The average molecular weight is 546 g/mol. The van der Waals surface area contributed by atoms with Gasteiger partial charge in [0.1, 0.15) is 6.10 Å². The Morgan fingerprint density at radius 3 is 2.41 bits per heavy atom. The zero-order valence-electron chi connectivity index (χ0n) is 23.2. The number of urea groups is 1. The zero-order chi connectivity index (χ0) is 28.7. The molecule has 214 valence electrons. The number of likely N-dealkylation sites (tertiary alicyclic amines) is 1. The maximum Gasteiger partial charge on any atom is 0.338 e. The van der Waals surface area contributed by atoms with E-state index < -0.39 is 23.0 Å². The number of nitrogens with zero attached hydrogens (tertiary/aromatic N) is 3. The van der Waals surface area contributed by atoms with Crippen LogP contribution in [0.5, 0.6) is 0 Å². The topological polar surface area (TPSA) is 136 Å². The maximum absolute atomic E-state index is 13.1. The molecule has 2 amide bonds. The van der Waals surface area contributed by atoms with E-state index in [1.807, 2.05) is 13.8 Å². The number of Topliss-reactive ketones (excluding diaryl/α,β-unsaturated/α-hetero) is 1. The lowest BCUT2D eigenvalue weighted by Crippen LogP contribution is -2.46. The molecule has 1 saturated carbocycles. The van der Waals surface area contributed by atoms with Crippen molar-refractivity contribution in [2.24, 2.45) is 11.3 Å². The Morgan fingerprint density at radius 2 is 1.79 bits per heavy atom. The van der Waals surface area contributed by atoms with Gasteiger partial charge in [0.05, 0.1) is 35.1 Å². The van der Waals surface area contributed by atoms with Crippen LogP contribution in [0.3, 0.4) is 0 Å². The molecule has 1 aromatic rings. The van der Waals surface area contributed by atoms with Gasteiger partial charge in [0.15, 0.2) is 5.78 Å². The number of benzene rings is 1. The number of carbonyl (C=O) groups is 4. The SMILES string of the molecule is CCOC(=O)[C@@]1(C)C[C@H]1CCCCCCN(C)C(=O)N1C[C@@H](OC(=O)c2ccc([N+](=O)[O-])cc2)C[C@H]1C(C)=O. The first-order valence-electron chi connectivity index (χ1n) is 13.6. The van der Waals surface area contributed by atoms with E-state index >= 15 is 0 Å². The molecule has 0 bridgehead atoms. The summed E-state index contributed by atoms with van der Waals surface area (Å²) in [7, 11) is 1.70. The summed E-state index contributed by atoms with van der Waals surface area (Å²) in [5, 5.41) is 10.8. The van der Waals surface area contributed by atoms with Gasteiger partial charge >= 0.3 is 18.0 Å². The number of hydrogen-bond acceptors (Lipinski definition) is 8. The zero-order valence-corrected chi connectivity index (χ0v) is 23.2. The number of nitro benzene ring substituents is 1. The first-order valence-corrected chi connectivity index (χ1v) is 13.6. The predicted molar refractivity (Wildman–Crippen MR) is 142 cm³/mol. The van der Waals surface area contributed by atoms with E-state index in [4.69, 9.17) is 9.47 Å². The molecule has 0 unspecified atom stereocenters. The maximum atomic E-state index is 13.1. The third-order valence-electron chi connectivity index (χ3n) is 7.84. The van der Waals surface area contributed by atoms with E-state index in [0.29, 0.717) is 19.1 Å². The van der Waals surface area contributed by atoms with Crippen LogP contribution >= 0.6 is 0 Å². The van der Waals surface area contributed by atoms with Crippen molar-refractivity contribution in [3.63, 3.8) is 0 Å². The van der Waals surface area contributed by atoms with Crippen LogP contribution in [-0.2, 0) is 19.1 Å². The number of carbonyl (C=O) groups excluding carboxylic acids is 4. The number of rotatable bonds is 13. The molecule has 2 fully saturated rings. The molecule has 0 aromatic heterocycles. The summed E-state index contributed by atoms with van der Waals surface area (Å²) in [6, 6.07) is 4.12. The first kappa shape index (κ1) is 30.0. The van der Waals surface area contributed by atoms with Crippen LogP contribution in [-0.4, -0.2) is 77.4 Å². The Kier molecular flexibility index (Phi) is 10.0. The Hall–Kier alpha value is -3.50. The summed E-state index contributed by atoms with van der Waals surface area (Å²) in [6.07, 6.45) is 5.25. The van der Waals surface area contributed by atoms with E-state index in [9.17, 15) is 29.3 Å². The van der Waals surface area contributed by atoms with Crippen LogP contribution in [0.25, 0.3) is 0 Å². The largest absolute Gasteiger partial charge is 0.466 e. The molecule has 39 heavy (non-hydrogen) atoms. The molecule has 0 radical (unpaired) electrons. The van der Waals surface area contributed by atoms with Gasteiger partial charge in [-0.2, -0.15) is 0 Å². The highest BCUT2D eigenvalue weighted by Crippen LogP contribution is 2.55. The van der Waals surface area contributed by atoms with E-state index in [-0.39, 0.29) is 47.4 Å². The van der Waals surface area contributed by atoms with Crippen molar-refractivity contribution in [2.45, 2.75) is 77.9 Å².